The molecule has 1 heterocycles. The molecule has 2 aromatic rings. The first kappa shape index (κ1) is 12.6. The molecule has 3 nitrogen and oxygen atoms in total. The van der Waals surface area contributed by atoms with Crippen molar-refractivity contribution in [1.82, 2.24) is 9.97 Å². The van der Waals surface area contributed by atoms with E-state index in [-0.39, 0.29) is 0 Å². The highest BCUT2D eigenvalue weighted by molar-refractivity contribution is 5.44. The Labute approximate surface area is 108 Å². The number of hydrogen-bond acceptors (Lipinski definition) is 3. The Morgan fingerprint density at radius 1 is 1.11 bits per heavy atom. The number of hydrogen-bond donors (Lipinski definition) is 1. The Hall–Kier alpha value is -1.90. The fourth-order valence-electron chi connectivity index (χ4n) is 1.87. The first-order chi connectivity index (χ1) is 8.78. The maximum absolute atomic E-state index is 4.36. The molecule has 0 unspecified atom stereocenters. The Bertz CT molecular complexity index is 491. The van der Waals surface area contributed by atoms with E-state index in [1.165, 1.54) is 12.0 Å². The van der Waals surface area contributed by atoms with Gasteiger partial charge in [0.05, 0.1) is 12.2 Å². The molecule has 1 N–H and O–H groups in total. The third kappa shape index (κ3) is 3.55. The normalized spacial score (nSPS) is 10.3. The monoisotopic (exact) mass is 241 g/mol. The molecule has 3 heteroatoms. The molecule has 0 amide bonds. The summed E-state index contributed by atoms with van der Waals surface area (Å²) in [6, 6.07) is 10.5. The first-order valence-corrected chi connectivity index (χ1v) is 6.39. The van der Waals surface area contributed by atoms with E-state index in [0.29, 0.717) is 0 Å². The molecule has 0 spiro atoms. The zero-order valence-electron chi connectivity index (χ0n) is 11.0. The Morgan fingerprint density at radius 2 is 1.89 bits per heavy atom. The minimum atomic E-state index is 0.733. The number of rotatable bonds is 5. The van der Waals surface area contributed by atoms with Crippen LogP contribution in [0.4, 0.5) is 5.69 Å². The van der Waals surface area contributed by atoms with E-state index in [1.54, 1.807) is 6.20 Å². The molecule has 0 bridgehead atoms. The van der Waals surface area contributed by atoms with Gasteiger partial charge in [-0.2, -0.15) is 0 Å². The van der Waals surface area contributed by atoms with Crippen LogP contribution in [0.3, 0.4) is 0 Å². The fourth-order valence-corrected chi connectivity index (χ4v) is 1.87. The van der Waals surface area contributed by atoms with Gasteiger partial charge in [-0.25, -0.2) is 9.97 Å². The highest BCUT2D eigenvalue weighted by Gasteiger charge is 1.97. The summed E-state index contributed by atoms with van der Waals surface area (Å²) in [6.45, 7) is 4.84. The number of aromatic nitrogens is 2. The summed E-state index contributed by atoms with van der Waals surface area (Å²) in [5.74, 6) is 0.813. The molecule has 1 aromatic carbocycles. The van der Waals surface area contributed by atoms with Gasteiger partial charge in [-0.15, -0.1) is 0 Å². The van der Waals surface area contributed by atoms with Gasteiger partial charge in [-0.3, -0.25) is 0 Å². The van der Waals surface area contributed by atoms with Gasteiger partial charge in [0.25, 0.3) is 0 Å². The average molecular weight is 241 g/mol. The van der Waals surface area contributed by atoms with E-state index in [2.05, 4.69) is 46.5 Å². The molecule has 0 saturated carbocycles. The van der Waals surface area contributed by atoms with Crippen molar-refractivity contribution < 1.29 is 0 Å². The van der Waals surface area contributed by atoms with Crippen molar-refractivity contribution in [2.45, 2.75) is 33.2 Å². The van der Waals surface area contributed by atoms with Crippen LogP contribution in [-0.2, 0) is 13.0 Å². The van der Waals surface area contributed by atoms with Crippen molar-refractivity contribution in [2.75, 3.05) is 5.32 Å². The summed E-state index contributed by atoms with van der Waals surface area (Å²) in [4.78, 5) is 8.45. The van der Waals surface area contributed by atoms with E-state index >= 15 is 0 Å². The van der Waals surface area contributed by atoms with Crippen LogP contribution in [0.1, 0.15) is 30.4 Å². The van der Waals surface area contributed by atoms with Crippen molar-refractivity contribution >= 4 is 5.69 Å². The van der Waals surface area contributed by atoms with Crippen LogP contribution in [0.5, 0.6) is 0 Å². The van der Waals surface area contributed by atoms with Gasteiger partial charge in [0.15, 0.2) is 0 Å². The molecule has 0 radical (unpaired) electrons. The number of aryl methyl sites for hydroxylation is 2. The van der Waals surface area contributed by atoms with Crippen molar-refractivity contribution in [3.8, 4) is 0 Å². The zero-order valence-corrected chi connectivity index (χ0v) is 11.0. The van der Waals surface area contributed by atoms with Gasteiger partial charge in [-0.1, -0.05) is 25.5 Å². The van der Waals surface area contributed by atoms with E-state index in [4.69, 9.17) is 0 Å². The van der Waals surface area contributed by atoms with Crippen LogP contribution in [0.25, 0.3) is 0 Å². The maximum atomic E-state index is 4.36. The summed E-state index contributed by atoms with van der Waals surface area (Å²) < 4.78 is 0. The van der Waals surface area contributed by atoms with Crippen molar-refractivity contribution in [3.63, 3.8) is 0 Å². The molecule has 0 fully saturated rings. The fraction of sp³-hybridized carbons (Fsp3) is 0.333. The van der Waals surface area contributed by atoms with Gasteiger partial charge in [0.1, 0.15) is 5.82 Å². The summed E-state index contributed by atoms with van der Waals surface area (Å²) in [6.07, 6.45) is 4.13. The summed E-state index contributed by atoms with van der Waals surface area (Å²) in [5.41, 5.74) is 3.53. The molecular formula is C15H19N3. The highest BCUT2D eigenvalue weighted by atomic mass is 14.9. The molecule has 0 atom stereocenters. The predicted octanol–water partition coefficient (Wildman–Crippen LogP) is 3.35. The molecule has 1 aromatic heterocycles. The van der Waals surface area contributed by atoms with Gasteiger partial charge in [0.2, 0.25) is 0 Å². The maximum Gasteiger partial charge on any atom is 0.125 e. The van der Waals surface area contributed by atoms with Crippen LogP contribution in [0, 0.1) is 6.92 Å². The second kappa shape index (κ2) is 6.15. The second-order valence-electron chi connectivity index (χ2n) is 4.40. The lowest BCUT2D eigenvalue weighted by atomic mass is 10.1. The van der Waals surface area contributed by atoms with E-state index in [0.717, 1.165) is 30.2 Å². The van der Waals surface area contributed by atoms with Gasteiger partial charge < -0.3 is 5.32 Å². The molecule has 2 rings (SSSR count). The number of nitrogens with zero attached hydrogens (tertiary/aromatic N) is 2. The van der Waals surface area contributed by atoms with Gasteiger partial charge >= 0.3 is 0 Å². The Kier molecular flexibility index (Phi) is 4.29. The van der Waals surface area contributed by atoms with Crippen LogP contribution in [0.2, 0.25) is 0 Å². The molecule has 0 aliphatic heterocycles. The molecule has 0 aliphatic carbocycles. The second-order valence-corrected chi connectivity index (χ2v) is 4.40. The molecule has 94 valence electrons. The van der Waals surface area contributed by atoms with Crippen LogP contribution < -0.4 is 5.32 Å². The van der Waals surface area contributed by atoms with Crippen LogP contribution in [0.15, 0.2) is 36.5 Å². The smallest absolute Gasteiger partial charge is 0.125 e. The van der Waals surface area contributed by atoms with Gasteiger partial charge in [0, 0.05) is 11.9 Å². The molecular weight excluding hydrogens is 222 g/mol. The minimum absolute atomic E-state index is 0.733. The van der Waals surface area contributed by atoms with Crippen LogP contribution >= 0.6 is 0 Å². The summed E-state index contributed by atoms with van der Waals surface area (Å²) >= 11 is 0. The van der Waals surface area contributed by atoms with Crippen molar-refractivity contribution in [3.05, 3.63) is 53.6 Å². The van der Waals surface area contributed by atoms with Crippen molar-refractivity contribution in [1.29, 1.82) is 0 Å². The lowest BCUT2D eigenvalue weighted by Gasteiger charge is -2.07. The third-order valence-electron chi connectivity index (χ3n) is 2.80. The highest BCUT2D eigenvalue weighted by Crippen LogP contribution is 2.11. The zero-order chi connectivity index (χ0) is 12.8. The topological polar surface area (TPSA) is 37.8 Å². The lowest BCUT2D eigenvalue weighted by Crippen LogP contribution is -2.03. The molecule has 0 aliphatic rings. The summed E-state index contributed by atoms with van der Waals surface area (Å²) in [5, 5.41) is 3.37. The number of anilines is 1. The van der Waals surface area contributed by atoms with Crippen LogP contribution in [-0.4, -0.2) is 9.97 Å². The lowest BCUT2D eigenvalue weighted by molar-refractivity contribution is 0.921. The largest absolute Gasteiger partial charge is 0.379 e. The summed E-state index contributed by atoms with van der Waals surface area (Å²) in [7, 11) is 0. The van der Waals surface area contributed by atoms with E-state index in [9.17, 15) is 0 Å². The van der Waals surface area contributed by atoms with Gasteiger partial charge in [-0.05, 0) is 37.1 Å². The van der Waals surface area contributed by atoms with Crippen molar-refractivity contribution in [2.24, 2.45) is 0 Å². The third-order valence-corrected chi connectivity index (χ3v) is 2.80. The van der Waals surface area contributed by atoms with E-state index < -0.39 is 0 Å². The molecule has 0 saturated heterocycles. The first-order valence-electron chi connectivity index (χ1n) is 6.39. The Balaban J connectivity index is 1.93. The van der Waals surface area contributed by atoms with E-state index in [1.807, 2.05) is 13.0 Å². The standard InChI is InChI=1S/C15H19N3/c1-3-4-13-5-7-14(8-6-13)17-11-15-9-10-16-12(2)18-15/h5-10,17H,3-4,11H2,1-2H3. The number of benzene rings is 1. The molecule has 18 heavy (non-hydrogen) atoms. The quantitative estimate of drug-likeness (QED) is 0.872. The average Bonchev–Trinajstić information content (AvgIpc) is 2.38. The Morgan fingerprint density at radius 3 is 2.56 bits per heavy atom. The number of nitrogens with one attached hydrogen (secondary N) is 1. The minimum Gasteiger partial charge on any atom is -0.379 e. The SMILES string of the molecule is CCCc1ccc(NCc2ccnc(C)n2)cc1. The predicted molar refractivity (Wildman–Crippen MR) is 74.5 cm³/mol.